The van der Waals surface area contributed by atoms with Crippen molar-refractivity contribution in [2.24, 2.45) is 5.92 Å². The highest BCUT2D eigenvalue weighted by atomic mass is 15.4. The number of rotatable bonds is 3. The average Bonchev–Trinajstić information content (AvgIpc) is 2.69. The van der Waals surface area contributed by atoms with Gasteiger partial charge < -0.3 is 14.7 Å². The highest BCUT2D eigenvalue weighted by Crippen LogP contribution is 2.23. The molecule has 0 amide bonds. The highest BCUT2D eigenvalue weighted by Gasteiger charge is 2.22. The fourth-order valence-corrected chi connectivity index (χ4v) is 3.80. The summed E-state index contributed by atoms with van der Waals surface area (Å²) in [5, 5.41) is 8.52. The lowest BCUT2D eigenvalue weighted by atomic mass is 10.00. The van der Waals surface area contributed by atoms with Crippen molar-refractivity contribution in [2.75, 3.05) is 54.0 Å². The van der Waals surface area contributed by atoms with E-state index < -0.39 is 0 Å². The number of nitrogens with zero attached hydrogens (tertiary/aromatic N) is 6. The summed E-state index contributed by atoms with van der Waals surface area (Å²) in [6.45, 7) is 10.5. The number of aromatic nitrogens is 3. The molecule has 0 aliphatic carbocycles. The van der Waals surface area contributed by atoms with Crippen molar-refractivity contribution >= 4 is 17.5 Å². The maximum absolute atomic E-state index is 4.82. The molecular formula is C20H28N6. The zero-order chi connectivity index (χ0) is 17.9. The third-order valence-electron chi connectivity index (χ3n) is 5.57. The number of aryl methyl sites for hydroxylation is 1. The minimum atomic E-state index is 0.788. The van der Waals surface area contributed by atoms with Crippen molar-refractivity contribution in [1.82, 2.24) is 15.2 Å². The van der Waals surface area contributed by atoms with Crippen LogP contribution in [0.5, 0.6) is 0 Å². The molecule has 1 aromatic heterocycles. The molecule has 138 valence electrons. The fourth-order valence-electron chi connectivity index (χ4n) is 3.80. The first-order valence-corrected chi connectivity index (χ1v) is 9.70. The van der Waals surface area contributed by atoms with E-state index in [4.69, 9.17) is 4.98 Å². The van der Waals surface area contributed by atoms with Crippen molar-refractivity contribution in [3.8, 4) is 0 Å². The van der Waals surface area contributed by atoms with Crippen LogP contribution in [0.15, 0.2) is 30.5 Å². The molecule has 26 heavy (non-hydrogen) atoms. The van der Waals surface area contributed by atoms with E-state index in [1.165, 1.54) is 24.1 Å². The maximum atomic E-state index is 4.82. The van der Waals surface area contributed by atoms with Gasteiger partial charge in [-0.3, -0.25) is 0 Å². The number of hydrogen-bond donors (Lipinski definition) is 0. The summed E-state index contributed by atoms with van der Waals surface area (Å²) < 4.78 is 0. The molecule has 4 rings (SSSR count). The number of benzene rings is 1. The minimum absolute atomic E-state index is 0.788. The van der Waals surface area contributed by atoms with Crippen LogP contribution in [0.25, 0.3) is 0 Å². The summed E-state index contributed by atoms with van der Waals surface area (Å²) in [4.78, 5) is 11.9. The fraction of sp³-hybridized carbons (Fsp3) is 0.550. The molecule has 6 heteroatoms. The summed E-state index contributed by atoms with van der Waals surface area (Å²) in [7, 11) is 0. The Kier molecular flexibility index (Phi) is 4.91. The molecule has 0 bridgehead atoms. The molecule has 0 radical (unpaired) electrons. The van der Waals surface area contributed by atoms with Crippen LogP contribution < -0.4 is 14.7 Å². The van der Waals surface area contributed by atoms with E-state index in [0.29, 0.717) is 0 Å². The second-order valence-electron chi connectivity index (χ2n) is 7.60. The minimum Gasteiger partial charge on any atom is -0.368 e. The molecule has 2 aromatic rings. The van der Waals surface area contributed by atoms with Crippen molar-refractivity contribution in [2.45, 2.75) is 26.7 Å². The Hall–Kier alpha value is -2.37. The van der Waals surface area contributed by atoms with Crippen LogP contribution in [0.1, 0.15) is 25.3 Å². The van der Waals surface area contributed by atoms with Crippen LogP contribution in [0, 0.1) is 12.8 Å². The lowest BCUT2D eigenvalue weighted by Gasteiger charge is -2.37. The second kappa shape index (κ2) is 7.48. The topological polar surface area (TPSA) is 48.4 Å². The molecule has 0 spiro atoms. The first-order valence-electron chi connectivity index (χ1n) is 9.70. The molecule has 3 heterocycles. The number of anilines is 3. The Morgan fingerprint density at radius 2 is 1.65 bits per heavy atom. The van der Waals surface area contributed by atoms with E-state index in [2.05, 4.69) is 63.0 Å². The molecule has 0 N–H and O–H groups in total. The summed E-state index contributed by atoms with van der Waals surface area (Å²) in [6.07, 6.45) is 4.23. The summed E-state index contributed by atoms with van der Waals surface area (Å²) in [5.74, 6) is 2.55. The van der Waals surface area contributed by atoms with E-state index in [1.54, 1.807) is 6.20 Å². The molecule has 2 aliphatic rings. The Balaban J connectivity index is 1.41. The summed E-state index contributed by atoms with van der Waals surface area (Å²) >= 11 is 0. The van der Waals surface area contributed by atoms with Gasteiger partial charge in [-0.25, -0.2) is 0 Å². The van der Waals surface area contributed by atoms with E-state index in [1.807, 2.05) is 0 Å². The normalized spacial score (nSPS) is 19.1. The van der Waals surface area contributed by atoms with Crippen molar-refractivity contribution in [3.05, 3.63) is 36.0 Å². The largest absolute Gasteiger partial charge is 0.368 e. The van der Waals surface area contributed by atoms with Gasteiger partial charge in [0.1, 0.15) is 0 Å². The standard InChI is InChI=1S/C20H28N6/c1-16-6-8-26(9-7-16)20-22-19(15-21-23-20)25-12-10-24(11-13-25)18-5-3-4-17(2)14-18/h3-5,14-16H,6-13H2,1-2H3. The third kappa shape index (κ3) is 3.74. The van der Waals surface area contributed by atoms with Crippen LogP contribution in [-0.2, 0) is 0 Å². The van der Waals surface area contributed by atoms with Crippen LogP contribution in [0.2, 0.25) is 0 Å². The quantitative estimate of drug-likeness (QED) is 0.847. The zero-order valence-corrected chi connectivity index (χ0v) is 15.8. The number of piperidine rings is 1. The average molecular weight is 352 g/mol. The second-order valence-corrected chi connectivity index (χ2v) is 7.60. The SMILES string of the molecule is Cc1cccc(N2CCN(c3cnnc(N4CCC(C)CC4)n3)CC2)c1. The number of piperazine rings is 1. The Labute approximate surface area is 155 Å². The first kappa shape index (κ1) is 17.1. The lowest BCUT2D eigenvalue weighted by molar-refractivity contribution is 0.433. The smallest absolute Gasteiger partial charge is 0.247 e. The molecule has 2 aliphatic heterocycles. The monoisotopic (exact) mass is 352 g/mol. The first-order chi connectivity index (χ1) is 12.7. The number of hydrogen-bond acceptors (Lipinski definition) is 6. The van der Waals surface area contributed by atoms with Crippen LogP contribution in [0.3, 0.4) is 0 Å². The van der Waals surface area contributed by atoms with Gasteiger partial charge in [0.25, 0.3) is 0 Å². The van der Waals surface area contributed by atoms with Gasteiger partial charge in [0.2, 0.25) is 5.95 Å². The van der Waals surface area contributed by atoms with Gasteiger partial charge >= 0.3 is 0 Å². The summed E-state index contributed by atoms with van der Waals surface area (Å²) in [6, 6.07) is 8.74. The van der Waals surface area contributed by atoms with Crippen molar-refractivity contribution < 1.29 is 0 Å². The van der Waals surface area contributed by atoms with Gasteiger partial charge in [-0.2, -0.15) is 10.1 Å². The zero-order valence-electron chi connectivity index (χ0n) is 15.8. The van der Waals surface area contributed by atoms with Gasteiger partial charge in [0, 0.05) is 45.0 Å². The molecule has 0 unspecified atom stereocenters. The molecule has 6 nitrogen and oxygen atoms in total. The van der Waals surface area contributed by atoms with Gasteiger partial charge in [0.05, 0.1) is 6.20 Å². The van der Waals surface area contributed by atoms with Crippen molar-refractivity contribution in [3.63, 3.8) is 0 Å². The molecular weight excluding hydrogens is 324 g/mol. The molecule has 2 fully saturated rings. The maximum Gasteiger partial charge on any atom is 0.247 e. The Bertz CT molecular complexity index is 733. The van der Waals surface area contributed by atoms with Crippen LogP contribution in [0.4, 0.5) is 17.5 Å². The Morgan fingerprint density at radius 3 is 2.38 bits per heavy atom. The van der Waals surface area contributed by atoms with Gasteiger partial charge in [-0.1, -0.05) is 19.1 Å². The third-order valence-corrected chi connectivity index (χ3v) is 5.57. The van der Waals surface area contributed by atoms with Crippen LogP contribution >= 0.6 is 0 Å². The van der Waals surface area contributed by atoms with E-state index in [0.717, 1.165) is 57.0 Å². The van der Waals surface area contributed by atoms with Crippen molar-refractivity contribution in [1.29, 1.82) is 0 Å². The van der Waals surface area contributed by atoms with E-state index in [-0.39, 0.29) is 0 Å². The highest BCUT2D eigenvalue weighted by molar-refractivity contribution is 5.51. The molecule has 1 aromatic carbocycles. The van der Waals surface area contributed by atoms with E-state index >= 15 is 0 Å². The van der Waals surface area contributed by atoms with Crippen LogP contribution in [-0.4, -0.2) is 54.4 Å². The lowest BCUT2D eigenvalue weighted by Crippen LogP contribution is -2.47. The predicted octanol–water partition coefficient (Wildman–Crippen LogP) is 2.74. The molecule has 0 atom stereocenters. The van der Waals surface area contributed by atoms with E-state index in [9.17, 15) is 0 Å². The predicted molar refractivity (Wildman–Crippen MR) is 106 cm³/mol. The van der Waals surface area contributed by atoms with Gasteiger partial charge in [-0.05, 0) is 43.4 Å². The Morgan fingerprint density at radius 1 is 0.923 bits per heavy atom. The summed E-state index contributed by atoms with van der Waals surface area (Å²) in [5.41, 5.74) is 2.62. The van der Waals surface area contributed by atoms with Gasteiger partial charge in [-0.15, -0.1) is 5.10 Å². The van der Waals surface area contributed by atoms with Gasteiger partial charge in [0.15, 0.2) is 5.82 Å². The molecule has 2 saturated heterocycles. The molecule has 0 saturated carbocycles.